The molecule has 0 spiro atoms. The lowest BCUT2D eigenvalue weighted by atomic mass is 9.79. The number of carbonyl (C=O) groups is 1. The molecule has 0 radical (unpaired) electrons. The highest BCUT2D eigenvalue weighted by Gasteiger charge is 2.37. The molecule has 2 aromatic rings. The van der Waals surface area contributed by atoms with Crippen LogP contribution < -0.4 is 0 Å². The lowest BCUT2D eigenvalue weighted by Gasteiger charge is -2.25. The number of hydrogen-bond acceptors (Lipinski definition) is 3. The highest BCUT2D eigenvalue weighted by molar-refractivity contribution is 5.72. The summed E-state index contributed by atoms with van der Waals surface area (Å²) in [4.78, 5) is 15.4. The van der Waals surface area contributed by atoms with Crippen LogP contribution in [0.25, 0.3) is 11.1 Å². The molecular formula is C15H16FNO3. The Morgan fingerprint density at radius 1 is 1.40 bits per heavy atom. The molecule has 1 aliphatic carbocycles. The summed E-state index contributed by atoms with van der Waals surface area (Å²) in [6.07, 6.45) is 4.50. The maximum atomic E-state index is 13.1. The number of carboxylic acids is 1. The summed E-state index contributed by atoms with van der Waals surface area (Å²) >= 11 is 0. The van der Waals surface area contributed by atoms with Gasteiger partial charge in [0.25, 0.3) is 0 Å². The van der Waals surface area contributed by atoms with Crippen molar-refractivity contribution >= 4 is 17.1 Å². The second-order valence-electron chi connectivity index (χ2n) is 5.67. The van der Waals surface area contributed by atoms with Crippen molar-refractivity contribution in [3.05, 3.63) is 29.9 Å². The number of nitrogens with zero attached hydrogens (tertiary/aromatic N) is 1. The Morgan fingerprint density at radius 2 is 2.15 bits per heavy atom. The first-order valence-electron chi connectivity index (χ1n) is 6.83. The van der Waals surface area contributed by atoms with E-state index < -0.39 is 5.97 Å². The monoisotopic (exact) mass is 277 g/mol. The molecule has 1 N–H and O–H groups in total. The zero-order chi connectivity index (χ0) is 14.2. The molecule has 1 aromatic heterocycles. The van der Waals surface area contributed by atoms with Crippen LogP contribution in [-0.2, 0) is 11.2 Å². The Labute approximate surface area is 115 Å². The van der Waals surface area contributed by atoms with Gasteiger partial charge < -0.3 is 9.52 Å². The van der Waals surface area contributed by atoms with E-state index in [9.17, 15) is 9.18 Å². The zero-order valence-corrected chi connectivity index (χ0v) is 11.1. The molecular weight excluding hydrogens is 261 g/mol. The number of aliphatic carboxylic acids is 1. The summed E-state index contributed by atoms with van der Waals surface area (Å²) in [5.74, 6) is -0.635. The van der Waals surface area contributed by atoms with Crippen molar-refractivity contribution in [3.8, 4) is 0 Å². The number of halogens is 1. The van der Waals surface area contributed by atoms with Crippen molar-refractivity contribution in [2.24, 2.45) is 5.41 Å². The van der Waals surface area contributed by atoms with Crippen molar-refractivity contribution in [1.82, 2.24) is 4.98 Å². The molecule has 4 nitrogen and oxygen atoms in total. The molecule has 5 heteroatoms. The third-order valence-corrected chi connectivity index (χ3v) is 4.11. The van der Waals surface area contributed by atoms with Gasteiger partial charge in [-0.2, -0.15) is 0 Å². The third kappa shape index (κ3) is 2.53. The summed E-state index contributed by atoms with van der Waals surface area (Å²) < 4.78 is 18.7. The van der Waals surface area contributed by atoms with Crippen LogP contribution in [0.5, 0.6) is 0 Å². The molecule has 106 valence electrons. The van der Waals surface area contributed by atoms with Gasteiger partial charge in [0.2, 0.25) is 0 Å². The molecule has 1 fully saturated rings. The quantitative estimate of drug-likeness (QED) is 0.928. The van der Waals surface area contributed by atoms with E-state index in [1.54, 1.807) is 6.07 Å². The smallest absolute Gasteiger partial charge is 0.303 e. The molecule has 1 saturated carbocycles. The van der Waals surface area contributed by atoms with Crippen LogP contribution in [0.15, 0.2) is 22.6 Å². The Kier molecular flexibility index (Phi) is 3.20. The van der Waals surface area contributed by atoms with Gasteiger partial charge in [-0.15, -0.1) is 0 Å². The largest absolute Gasteiger partial charge is 0.481 e. The van der Waals surface area contributed by atoms with Gasteiger partial charge in [0.05, 0.1) is 6.42 Å². The van der Waals surface area contributed by atoms with Gasteiger partial charge in [-0.05, 0) is 30.4 Å². The van der Waals surface area contributed by atoms with Crippen LogP contribution in [0.2, 0.25) is 0 Å². The van der Waals surface area contributed by atoms with Gasteiger partial charge in [-0.3, -0.25) is 4.79 Å². The molecule has 3 rings (SSSR count). The molecule has 1 aliphatic rings. The SMILES string of the molecule is O=C(O)CC1(Cc2nc3ccc(F)cc3o2)CCCC1. The average molecular weight is 277 g/mol. The number of hydrogen-bond donors (Lipinski definition) is 1. The van der Waals surface area contributed by atoms with Gasteiger partial charge in [-0.25, -0.2) is 9.37 Å². The molecule has 20 heavy (non-hydrogen) atoms. The summed E-state index contributed by atoms with van der Waals surface area (Å²) in [6, 6.07) is 4.23. The zero-order valence-electron chi connectivity index (χ0n) is 11.1. The van der Waals surface area contributed by atoms with E-state index in [1.165, 1.54) is 12.1 Å². The fourth-order valence-electron chi connectivity index (χ4n) is 3.20. The molecule has 0 unspecified atom stereocenters. The van der Waals surface area contributed by atoms with E-state index in [1.807, 2.05) is 0 Å². The van der Waals surface area contributed by atoms with E-state index in [4.69, 9.17) is 9.52 Å². The highest BCUT2D eigenvalue weighted by atomic mass is 19.1. The number of benzene rings is 1. The van der Waals surface area contributed by atoms with E-state index in [-0.39, 0.29) is 17.7 Å². The Morgan fingerprint density at radius 3 is 2.85 bits per heavy atom. The maximum Gasteiger partial charge on any atom is 0.303 e. The highest BCUT2D eigenvalue weighted by Crippen LogP contribution is 2.44. The molecule has 0 bridgehead atoms. The fourth-order valence-corrected chi connectivity index (χ4v) is 3.20. The number of fused-ring (bicyclic) bond motifs is 1. The summed E-state index contributed by atoms with van der Waals surface area (Å²) in [7, 11) is 0. The van der Waals surface area contributed by atoms with Crippen LogP contribution in [0.1, 0.15) is 38.0 Å². The number of aromatic nitrogens is 1. The van der Waals surface area contributed by atoms with E-state index >= 15 is 0 Å². The first kappa shape index (κ1) is 13.1. The van der Waals surface area contributed by atoms with Gasteiger partial charge in [0.15, 0.2) is 11.5 Å². The van der Waals surface area contributed by atoms with Crippen molar-refractivity contribution in [2.75, 3.05) is 0 Å². The van der Waals surface area contributed by atoms with Gasteiger partial charge in [0.1, 0.15) is 11.3 Å². The molecule has 0 aliphatic heterocycles. The Hall–Kier alpha value is -1.91. The van der Waals surface area contributed by atoms with E-state index in [2.05, 4.69) is 4.98 Å². The van der Waals surface area contributed by atoms with Crippen molar-refractivity contribution in [2.45, 2.75) is 38.5 Å². The van der Waals surface area contributed by atoms with Crippen molar-refractivity contribution in [1.29, 1.82) is 0 Å². The minimum atomic E-state index is -0.783. The molecule has 0 amide bonds. The van der Waals surface area contributed by atoms with Gasteiger partial charge in [0, 0.05) is 12.5 Å². The van der Waals surface area contributed by atoms with Crippen LogP contribution >= 0.6 is 0 Å². The average Bonchev–Trinajstić information content (AvgIpc) is 2.94. The number of carboxylic acid groups (broad SMARTS) is 1. The Balaban J connectivity index is 1.88. The normalized spacial score (nSPS) is 17.6. The first-order chi connectivity index (χ1) is 9.56. The number of rotatable bonds is 4. The standard InChI is InChI=1S/C15H16FNO3/c16-10-3-4-11-12(7-10)20-13(17-11)8-15(9-14(18)19)5-1-2-6-15/h3-4,7H,1-2,5-6,8-9H2,(H,18,19). The van der Waals surface area contributed by atoms with E-state index in [0.29, 0.717) is 23.4 Å². The van der Waals surface area contributed by atoms with Crippen LogP contribution in [-0.4, -0.2) is 16.1 Å². The van der Waals surface area contributed by atoms with E-state index in [0.717, 1.165) is 25.7 Å². The minimum Gasteiger partial charge on any atom is -0.481 e. The van der Waals surface area contributed by atoms with Crippen LogP contribution in [0.4, 0.5) is 4.39 Å². The first-order valence-corrected chi connectivity index (χ1v) is 6.83. The lowest BCUT2D eigenvalue weighted by Crippen LogP contribution is -2.23. The predicted octanol–water partition coefficient (Wildman–Crippen LogP) is 3.54. The maximum absolute atomic E-state index is 13.1. The fraction of sp³-hybridized carbons (Fsp3) is 0.467. The molecule has 1 aromatic carbocycles. The minimum absolute atomic E-state index is 0.139. The second-order valence-corrected chi connectivity index (χ2v) is 5.67. The predicted molar refractivity (Wildman–Crippen MR) is 70.8 cm³/mol. The molecule has 1 heterocycles. The number of oxazole rings is 1. The molecule has 0 saturated heterocycles. The third-order valence-electron chi connectivity index (χ3n) is 4.11. The Bertz CT molecular complexity index is 644. The van der Waals surface area contributed by atoms with Crippen LogP contribution in [0.3, 0.4) is 0 Å². The lowest BCUT2D eigenvalue weighted by molar-refractivity contribution is -0.139. The van der Waals surface area contributed by atoms with Gasteiger partial charge in [-0.1, -0.05) is 12.8 Å². The summed E-state index contributed by atoms with van der Waals surface area (Å²) in [6.45, 7) is 0. The van der Waals surface area contributed by atoms with Crippen molar-refractivity contribution < 1.29 is 18.7 Å². The van der Waals surface area contributed by atoms with Crippen molar-refractivity contribution in [3.63, 3.8) is 0 Å². The van der Waals surface area contributed by atoms with Gasteiger partial charge >= 0.3 is 5.97 Å². The summed E-state index contributed by atoms with van der Waals surface area (Å²) in [5.41, 5.74) is 0.777. The topological polar surface area (TPSA) is 63.3 Å². The van der Waals surface area contributed by atoms with Crippen LogP contribution in [0, 0.1) is 11.2 Å². The summed E-state index contributed by atoms with van der Waals surface area (Å²) in [5, 5.41) is 9.09. The second kappa shape index (κ2) is 4.89. The molecule has 0 atom stereocenters.